The summed E-state index contributed by atoms with van der Waals surface area (Å²) in [6, 6.07) is 15.9. The Kier molecular flexibility index (Phi) is 4.79. The van der Waals surface area contributed by atoms with Crippen molar-refractivity contribution in [1.82, 2.24) is 5.32 Å². The molecule has 0 radical (unpaired) electrons. The van der Waals surface area contributed by atoms with Crippen LogP contribution in [0.5, 0.6) is 5.75 Å². The summed E-state index contributed by atoms with van der Waals surface area (Å²) in [7, 11) is 0. The first kappa shape index (κ1) is 17.7. The van der Waals surface area contributed by atoms with Crippen LogP contribution in [0.1, 0.15) is 36.6 Å². The molecule has 1 heterocycles. The average Bonchev–Trinajstić information content (AvgIpc) is 2.64. The first-order valence-corrected chi connectivity index (χ1v) is 8.35. The van der Waals surface area contributed by atoms with Gasteiger partial charge >= 0.3 is 0 Å². The quantitative estimate of drug-likeness (QED) is 0.836. The summed E-state index contributed by atoms with van der Waals surface area (Å²) < 4.78 is 5.84. The molecule has 0 unspecified atom stereocenters. The number of aliphatic hydroxyl groups excluding tert-OH is 1. The molecule has 5 heteroatoms. The second-order valence-corrected chi connectivity index (χ2v) is 6.75. The van der Waals surface area contributed by atoms with E-state index in [1.54, 1.807) is 38.1 Å². The standard InChI is InChI=1S/C21H20N2O3/c1-21(2)20(25)19(16-12-15(13-22)8-10-17(16)26-21)23-18(24)11-9-14-6-4-3-5-7-14/h3-12,19-20,25H,1-2H3,(H,23,24)/b11-9-/t19-,20+/m1/s1. The summed E-state index contributed by atoms with van der Waals surface area (Å²) in [5.41, 5.74) is 1.07. The highest BCUT2D eigenvalue weighted by Crippen LogP contribution is 2.40. The Bertz CT molecular complexity index is 882. The van der Waals surface area contributed by atoms with E-state index in [-0.39, 0.29) is 5.91 Å². The van der Waals surface area contributed by atoms with Gasteiger partial charge in [-0.3, -0.25) is 4.79 Å². The number of ether oxygens (including phenoxy) is 1. The van der Waals surface area contributed by atoms with Crippen LogP contribution in [0.4, 0.5) is 0 Å². The minimum atomic E-state index is -0.960. The van der Waals surface area contributed by atoms with E-state index >= 15 is 0 Å². The number of hydrogen-bond donors (Lipinski definition) is 2. The lowest BCUT2D eigenvalue weighted by Gasteiger charge is -2.42. The molecule has 1 aliphatic rings. The fraction of sp³-hybridized carbons (Fsp3) is 0.238. The van der Waals surface area contributed by atoms with Gasteiger partial charge in [0.05, 0.1) is 17.7 Å². The summed E-state index contributed by atoms with van der Waals surface area (Å²) >= 11 is 0. The average molecular weight is 348 g/mol. The van der Waals surface area contributed by atoms with Gasteiger partial charge in [0.2, 0.25) is 5.91 Å². The maximum absolute atomic E-state index is 12.4. The van der Waals surface area contributed by atoms with Gasteiger partial charge in [-0.2, -0.15) is 5.26 Å². The topological polar surface area (TPSA) is 82.3 Å². The Labute approximate surface area is 152 Å². The first-order valence-electron chi connectivity index (χ1n) is 8.35. The van der Waals surface area contributed by atoms with Gasteiger partial charge < -0.3 is 15.2 Å². The van der Waals surface area contributed by atoms with Crippen molar-refractivity contribution >= 4 is 12.0 Å². The van der Waals surface area contributed by atoms with Crippen LogP contribution >= 0.6 is 0 Å². The number of hydrogen-bond acceptors (Lipinski definition) is 4. The zero-order chi connectivity index (χ0) is 18.7. The van der Waals surface area contributed by atoms with E-state index in [1.807, 2.05) is 30.3 Å². The van der Waals surface area contributed by atoms with Crippen molar-refractivity contribution in [3.63, 3.8) is 0 Å². The molecule has 1 amide bonds. The van der Waals surface area contributed by atoms with Crippen molar-refractivity contribution < 1.29 is 14.6 Å². The molecule has 0 spiro atoms. The SMILES string of the molecule is CC1(C)Oc2ccc(C#N)cc2[C@@H](NC(=O)/C=C\c2ccccc2)[C@@H]1O. The number of nitrogens with zero attached hydrogens (tertiary/aromatic N) is 1. The maximum atomic E-state index is 12.4. The van der Waals surface area contributed by atoms with Gasteiger partial charge in [0.1, 0.15) is 17.5 Å². The molecule has 0 fully saturated rings. The van der Waals surface area contributed by atoms with Crippen LogP contribution < -0.4 is 10.1 Å². The smallest absolute Gasteiger partial charge is 0.244 e. The minimum Gasteiger partial charge on any atom is -0.485 e. The van der Waals surface area contributed by atoms with Crippen molar-refractivity contribution in [2.75, 3.05) is 0 Å². The van der Waals surface area contributed by atoms with Crippen molar-refractivity contribution in [2.45, 2.75) is 31.6 Å². The van der Waals surface area contributed by atoms with Crippen molar-refractivity contribution in [1.29, 1.82) is 5.26 Å². The summed E-state index contributed by atoms with van der Waals surface area (Å²) in [5, 5.41) is 22.7. The van der Waals surface area contributed by atoms with E-state index in [2.05, 4.69) is 11.4 Å². The predicted octanol–water partition coefficient (Wildman–Crippen LogP) is 2.96. The number of benzene rings is 2. The molecule has 2 N–H and O–H groups in total. The number of carbonyl (C=O) groups excluding carboxylic acids is 1. The third-order valence-electron chi connectivity index (χ3n) is 4.40. The van der Waals surface area contributed by atoms with Crippen LogP contribution in [0.25, 0.3) is 6.08 Å². The second kappa shape index (κ2) is 7.03. The number of fused-ring (bicyclic) bond motifs is 1. The number of nitriles is 1. The van der Waals surface area contributed by atoms with E-state index in [9.17, 15) is 9.90 Å². The molecule has 2 aromatic rings. The molecule has 26 heavy (non-hydrogen) atoms. The molecule has 2 aromatic carbocycles. The van der Waals surface area contributed by atoms with Crippen LogP contribution in [-0.4, -0.2) is 22.7 Å². The fourth-order valence-electron chi connectivity index (χ4n) is 2.96. The molecule has 0 saturated carbocycles. The molecule has 1 aliphatic heterocycles. The van der Waals surface area contributed by atoms with Crippen molar-refractivity contribution in [3.8, 4) is 11.8 Å². The molecule has 0 aliphatic carbocycles. The van der Waals surface area contributed by atoms with Crippen LogP contribution in [0, 0.1) is 11.3 Å². The lowest BCUT2D eigenvalue weighted by atomic mass is 9.86. The van der Waals surface area contributed by atoms with Crippen LogP contribution in [-0.2, 0) is 4.79 Å². The van der Waals surface area contributed by atoms with Crippen LogP contribution in [0.3, 0.4) is 0 Å². The van der Waals surface area contributed by atoms with E-state index in [0.717, 1.165) is 5.56 Å². The lowest BCUT2D eigenvalue weighted by Crippen LogP contribution is -2.53. The van der Waals surface area contributed by atoms with Gasteiger partial charge in [0, 0.05) is 11.6 Å². The monoisotopic (exact) mass is 348 g/mol. The molecule has 0 saturated heterocycles. The zero-order valence-corrected chi connectivity index (χ0v) is 14.6. The van der Waals surface area contributed by atoms with E-state index in [4.69, 9.17) is 10.00 Å². The molecule has 3 rings (SSSR count). The third-order valence-corrected chi connectivity index (χ3v) is 4.40. The van der Waals surface area contributed by atoms with Gasteiger partial charge in [-0.05, 0) is 43.7 Å². The number of aliphatic hydroxyl groups is 1. The fourth-order valence-corrected chi connectivity index (χ4v) is 2.96. The number of carbonyl (C=O) groups is 1. The summed E-state index contributed by atoms with van der Waals surface area (Å²) in [4.78, 5) is 12.4. The molecule has 132 valence electrons. The Hall–Kier alpha value is -3.10. The largest absolute Gasteiger partial charge is 0.485 e. The third kappa shape index (κ3) is 3.61. The van der Waals surface area contributed by atoms with Gasteiger partial charge in [0.25, 0.3) is 0 Å². The molecule has 0 bridgehead atoms. The first-order chi connectivity index (χ1) is 12.4. The Morgan fingerprint density at radius 2 is 2.00 bits per heavy atom. The summed E-state index contributed by atoms with van der Waals surface area (Å²) in [5.74, 6) is 0.223. The van der Waals surface area contributed by atoms with E-state index in [0.29, 0.717) is 16.9 Å². The number of amides is 1. The van der Waals surface area contributed by atoms with Gasteiger partial charge in [0.15, 0.2) is 0 Å². The minimum absolute atomic E-state index is 0.330. The Morgan fingerprint density at radius 3 is 2.69 bits per heavy atom. The molecule has 5 nitrogen and oxygen atoms in total. The number of nitrogens with one attached hydrogen (secondary N) is 1. The van der Waals surface area contributed by atoms with Crippen molar-refractivity contribution in [2.24, 2.45) is 0 Å². The van der Waals surface area contributed by atoms with Gasteiger partial charge in [-0.1, -0.05) is 30.3 Å². The van der Waals surface area contributed by atoms with Crippen molar-refractivity contribution in [3.05, 3.63) is 71.3 Å². The highest BCUT2D eigenvalue weighted by molar-refractivity contribution is 5.92. The lowest BCUT2D eigenvalue weighted by molar-refractivity contribution is -0.121. The Morgan fingerprint density at radius 1 is 1.27 bits per heavy atom. The normalized spacial score (nSPS) is 20.7. The molecule has 2 atom stereocenters. The maximum Gasteiger partial charge on any atom is 0.244 e. The summed E-state index contributed by atoms with van der Waals surface area (Å²) in [6.45, 7) is 3.52. The highest BCUT2D eigenvalue weighted by Gasteiger charge is 2.43. The zero-order valence-electron chi connectivity index (χ0n) is 14.6. The molecular weight excluding hydrogens is 328 g/mol. The Balaban J connectivity index is 1.87. The number of rotatable bonds is 3. The van der Waals surface area contributed by atoms with Gasteiger partial charge in [-0.25, -0.2) is 0 Å². The molecule has 0 aromatic heterocycles. The summed E-state index contributed by atoms with van der Waals surface area (Å²) in [6.07, 6.45) is 2.18. The van der Waals surface area contributed by atoms with Gasteiger partial charge in [-0.15, -0.1) is 0 Å². The second-order valence-electron chi connectivity index (χ2n) is 6.75. The highest BCUT2D eigenvalue weighted by atomic mass is 16.5. The van der Waals surface area contributed by atoms with E-state index in [1.165, 1.54) is 6.08 Å². The van der Waals surface area contributed by atoms with Crippen LogP contribution in [0.15, 0.2) is 54.6 Å². The molecular formula is C21H20N2O3. The predicted molar refractivity (Wildman–Crippen MR) is 98.2 cm³/mol. The van der Waals surface area contributed by atoms with E-state index < -0.39 is 17.7 Å². The van der Waals surface area contributed by atoms with Crippen LogP contribution in [0.2, 0.25) is 0 Å².